The Labute approximate surface area is 103 Å². The van der Waals surface area contributed by atoms with Gasteiger partial charge in [-0.05, 0) is 31.4 Å². The number of nitriles is 1. The predicted octanol–water partition coefficient (Wildman–Crippen LogP) is 2.81. The third-order valence-corrected chi connectivity index (χ3v) is 3.58. The van der Waals surface area contributed by atoms with Gasteiger partial charge in [0.1, 0.15) is 0 Å². The molecular formula is C14H19N3. The summed E-state index contributed by atoms with van der Waals surface area (Å²) in [5.41, 5.74) is 1.19. The van der Waals surface area contributed by atoms with Gasteiger partial charge in [0, 0.05) is 24.5 Å². The fourth-order valence-corrected chi connectivity index (χ4v) is 2.53. The molecule has 90 valence electrons. The average molecular weight is 229 g/mol. The van der Waals surface area contributed by atoms with Crippen LogP contribution in [0.3, 0.4) is 0 Å². The lowest BCUT2D eigenvalue weighted by Crippen LogP contribution is -2.39. The fourth-order valence-electron chi connectivity index (χ4n) is 2.53. The summed E-state index contributed by atoms with van der Waals surface area (Å²) in [5, 5.41) is 12.7. The van der Waals surface area contributed by atoms with Gasteiger partial charge in [-0.25, -0.2) is 0 Å². The van der Waals surface area contributed by atoms with Crippen molar-refractivity contribution in [3.63, 3.8) is 0 Å². The van der Waals surface area contributed by atoms with Gasteiger partial charge in [0.05, 0.1) is 12.0 Å². The molecule has 1 aromatic heterocycles. The lowest BCUT2D eigenvalue weighted by molar-refractivity contribution is 0.292. The van der Waals surface area contributed by atoms with Crippen LogP contribution < -0.4 is 5.32 Å². The van der Waals surface area contributed by atoms with Gasteiger partial charge >= 0.3 is 0 Å². The lowest BCUT2D eigenvalue weighted by Gasteiger charge is -2.30. The van der Waals surface area contributed by atoms with Crippen molar-refractivity contribution in [2.75, 3.05) is 0 Å². The Kier molecular flexibility index (Phi) is 4.11. The highest BCUT2D eigenvalue weighted by Gasteiger charge is 2.26. The largest absolute Gasteiger partial charge is 0.306 e. The molecule has 0 bridgehead atoms. The predicted molar refractivity (Wildman–Crippen MR) is 67.1 cm³/mol. The molecule has 0 amide bonds. The fraction of sp³-hybridized carbons (Fsp3) is 0.571. The molecule has 1 aliphatic carbocycles. The van der Waals surface area contributed by atoms with E-state index in [1.807, 2.05) is 12.3 Å². The molecule has 0 saturated heterocycles. The van der Waals surface area contributed by atoms with Crippen molar-refractivity contribution in [1.82, 2.24) is 10.3 Å². The zero-order valence-corrected chi connectivity index (χ0v) is 10.3. The zero-order valence-electron chi connectivity index (χ0n) is 10.3. The minimum Gasteiger partial charge on any atom is -0.306 e. The summed E-state index contributed by atoms with van der Waals surface area (Å²) in [6, 6.07) is 7.07. The van der Waals surface area contributed by atoms with Crippen molar-refractivity contribution in [2.24, 2.45) is 5.92 Å². The van der Waals surface area contributed by atoms with Gasteiger partial charge in [-0.15, -0.1) is 0 Å². The van der Waals surface area contributed by atoms with Gasteiger partial charge in [-0.1, -0.05) is 18.9 Å². The summed E-state index contributed by atoms with van der Waals surface area (Å²) in [6.45, 7) is 2.14. The maximum Gasteiger partial charge on any atom is 0.0672 e. The van der Waals surface area contributed by atoms with Crippen LogP contribution >= 0.6 is 0 Å². The molecule has 2 unspecified atom stereocenters. The smallest absolute Gasteiger partial charge is 0.0672 e. The second-order valence-corrected chi connectivity index (χ2v) is 4.80. The van der Waals surface area contributed by atoms with Crippen molar-refractivity contribution in [3.8, 4) is 6.07 Å². The molecule has 1 saturated carbocycles. The molecule has 1 aromatic rings. The molecule has 1 fully saturated rings. The highest BCUT2D eigenvalue weighted by atomic mass is 15.0. The first-order valence-corrected chi connectivity index (χ1v) is 6.37. The van der Waals surface area contributed by atoms with Crippen LogP contribution in [0.5, 0.6) is 0 Å². The molecule has 0 radical (unpaired) electrons. The van der Waals surface area contributed by atoms with E-state index in [-0.39, 0.29) is 12.0 Å². The Hall–Kier alpha value is -1.40. The van der Waals surface area contributed by atoms with Crippen molar-refractivity contribution < 1.29 is 0 Å². The van der Waals surface area contributed by atoms with Crippen LogP contribution in [-0.4, -0.2) is 11.0 Å². The first-order chi connectivity index (χ1) is 8.31. The number of hydrogen-bond donors (Lipinski definition) is 1. The van der Waals surface area contributed by atoms with E-state index in [0.29, 0.717) is 6.04 Å². The molecule has 3 nitrogen and oxygen atoms in total. The average Bonchev–Trinajstić information content (AvgIpc) is 2.40. The van der Waals surface area contributed by atoms with E-state index in [1.54, 1.807) is 6.20 Å². The molecular weight excluding hydrogens is 210 g/mol. The van der Waals surface area contributed by atoms with Crippen molar-refractivity contribution in [1.29, 1.82) is 5.26 Å². The van der Waals surface area contributed by atoms with Crippen molar-refractivity contribution >= 4 is 0 Å². The summed E-state index contributed by atoms with van der Waals surface area (Å²) in [5.74, 6) is 0.169. The molecule has 17 heavy (non-hydrogen) atoms. The van der Waals surface area contributed by atoms with Crippen LogP contribution in [0.1, 0.15) is 44.2 Å². The molecule has 3 heteroatoms. The Morgan fingerprint density at radius 1 is 1.47 bits per heavy atom. The normalized spacial score (nSPS) is 26.1. The lowest BCUT2D eigenvalue weighted by atomic mass is 9.85. The van der Waals surface area contributed by atoms with Crippen LogP contribution in [-0.2, 0) is 0 Å². The van der Waals surface area contributed by atoms with E-state index in [0.717, 1.165) is 12.8 Å². The third-order valence-electron chi connectivity index (χ3n) is 3.58. The highest BCUT2D eigenvalue weighted by Crippen LogP contribution is 2.26. The number of aromatic nitrogens is 1. The standard InChI is InChI=1S/C14H19N3/c1-11(13-6-4-8-16-10-13)17-14-7-3-2-5-12(14)9-15/h4,6,8,10-12,14,17H,2-3,5,7H2,1H3/t11-,12?,14?/m0/s1. The van der Waals surface area contributed by atoms with Crippen molar-refractivity contribution in [3.05, 3.63) is 30.1 Å². The van der Waals surface area contributed by atoms with E-state index >= 15 is 0 Å². The van der Waals surface area contributed by atoms with Crippen molar-refractivity contribution in [2.45, 2.75) is 44.7 Å². The van der Waals surface area contributed by atoms with Crippen LogP contribution in [0.25, 0.3) is 0 Å². The summed E-state index contributed by atoms with van der Waals surface area (Å²) in [4.78, 5) is 4.13. The van der Waals surface area contributed by atoms with E-state index < -0.39 is 0 Å². The minimum atomic E-state index is 0.169. The van der Waals surface area contributed by atoms with E-state index in [1.165, 1.54) is 18.4 Å². The third kappa shape index (κ3) is 3.04. The second-order valence-electron chi connectivity index (χ2n) is 4.80. The van der Waals surface area contributed by atoms with Crippen LogP contribution in [0.15, 0.2) is 24.5 Å². The maximum absolute atomic E-state index is 9.14. The molecule has 1 N–H and O–H groups in total. The van der Waals surface area contributed by atoms with E-state index in [2.05, 4.69) is 29.4 Å². The summed E-state index contributed by atoms with van der Waals surface area (Å²) in [6.07, 6.45) is 8.25. The summed E-state index contributed by atoms with van der Waals surface area (Å²) < 4.78 is 0. The molecule has 0 aliphatic heterocycles. The molecule has 1 heterocycles. The monoisotopic (exact) mass is 229 g/mol. The first-order valence-electron chi connectivity index (χ1n) is 6.37. The second kappa shape index (κ2) is 5.79. The Morgan fingerprint density at radius 3 is 3.00 bits per heavy atom. The summed E-state index contributed by atoms with van der Waals surface area (Å²) >= 11 is 0. The zero-order chi connectivity index (χ0) is 12.1. The van der Waals surface area contributed by atoms with Gasteiger partial charge in [0.2, 0.25) is 0 Å². The van der Waals surface area contributed by atoms with Gasteiger partial charge in [-0.3, -0.25) is 4.98 Å². The quantitative estimate of drug-likeness (QED) is 0.867. The topological polar surface area (TPSA) is 48.7 Å². The van der Waals surface area contributed by atoms with E-state index in [9.17, 15) is 0 Å². The van der Waals surface area contributed by atoms with Gasteiger partial charge in [0.15, 0.2) is 0 Å². The number of rotatable bonds is 3. The Balaban J connectivity index is 1.98. The van der Waals surface area contributed by atoms with Crippen LogP contribution in [0.2, 0.25) is 0 Å². The molecule has 3 atom stereocenters. The SMILES string of the molecule is C[C@H](NC1CCCCC1C#N)c1cccnc1. The maximum atomic E-state index is 9.14. The van der Waals surface area contributed by atoms with E-state index in [4.69, 9.17) is 5.26 Å². The molecule has 2 rings (SSSR count). The number of pyridine rings is 1. The van der Waals surface area contributed by atoms with Crippen LogP contribution in [0, 0.1) is 17.2 Å². The summed E-state index contributed by atoms with van der Waals surface area (Å²) in [7, 11) is 0. The Morgan fingerprint density at radius 2 is 2.29 bits per heavy atom. The van der Waals surface area contributed by atoms with Gasteiger partial charge in [-0.2, -0.15) is 5.26 Å². The minimum absolute atomic E-state index is 0.169. The van der Waals surface area contributed by atoms with Gasteiger partial charge in [0.25, 0.3) is 0 Å². The van der Waals surface area contributed by atoms with Crippen LogP contribution in [0.4, 0.5) is 0 Å². The first kappa shape index (κ1) is 12.1. The number of hydrogen-bond acceptors (Lipinski definition) is 3. The number of nitrogens with zero attached hydrogens (tertiary/aromatic N) is 2. The highest BCUT2D eigenvalue weighted by molar-refractivity contribution is 5.13. The molecule has 0 aromatic carbocycles. The van der Waals surface area contributed by atoms with Gasteiger partial charge < -0.3 is 5.32 Å². The Bertz CT molecular complexity index is 382. The molecule has 0 spiro atoms. The number of nitrogens with one attached hydrogen (secondary N) is 1. The molecule has 1 aliphatic rings.